The molecule has 120 valence electrons. The van der Waals surface area contributed by atoms with Crippen LogP contribution in [0, 0.1) is 0 Å². The SMILES string of the molecule is O=C(CN1CCc2ccccc2C1)N[C@@H]1CS(=O)(=O)C[C@@H]1Cl. The van der Waals surface area contributed by atoms with Crippen LogP contribution in [0.5, 0.6) is 0 Å². The maximum atomic E-state index is 12.1. The molecule has 7 heteroatoms. The number of fused-ring (bicyclic) bond motifs is 1. The van der Waals surface area contributed by atoms with E-state index in [-0.39, 0.29) is 24.0 Å². The summed E-state index contributed by atoms with van der Waals surface area (Å²) in [5.41, 5.74) is 2.59. The lowest BCUT2D eigenvalue weighted by Crippen LogP contribution is -2.46. The van der Waals surface area contributed by atoms with Gasteiger partial charge in [0.1, 0.15) is 0 Å². The summed E-state index contributed by atoms with van der Waals surface area (Å²) in [5.74, 6) is -0.279. The Bertz CT molecular complexity index is 677. The average molecular weight is 343 g/mol. The van der Waals surface area contributed by atoms with Crippen molar-refractivity contribution in [3.63, 3.8) is 0 Å². The topological polar surface area (TPSA) is 66.5 Å². The van der Waals surface area contributed by atoms with Gasteiger partial charge in [0.05, 0.1) is 29.5 Å². The zero-order chi connectivity index (χ0) is 15.7. The van der Waals surface area contributed by atoms with Crippen molar-refractivity contribution in [3.05, 3.63) is 35.4 Å². The third-order valence-electron chi connectivity index (χ3n) is 4.21. The summed E-state index contributed by atoms with van der Waals surface area (Å²) >= 11 is 6.01. The number of hydrogen-bond acceptors (Lipinski definition) is 4. The molecule has 1 aromatic rings. The van der Waals surface area contributed by atoms with Gasteiger partial charge in [0.25, 0.3) is 0 Å². The minimum atomic E-state index is -3.12. The van der Waals surface area contributed by atoms with Crippen LogP contribution in [0.15, 0.2) is 24.3 Å². The minimum Gasteiger partial charge on any atom is -0.350 e. The Morgan fingerprint density at radius 3 is 2.68 bits per heavy atom. The van der Waals surface area contributed by atoms with Crippen LogP contribution in [0.25, 0.3) is 0 Å². The number of halogens is 1. The van der Waals surface area contributed by atoms with Crippen molar-refractivity contribution < 1.29 is 13.2 Å². The van der Waals surface area contributed by atoms with Gasteiger partial charge in [-0.1, -0.05) is 24.3 Å². The first-order valence-corrected chi connectivity index (χ1v) is 9.62. The van der Waals surface area contributed by atoms with Gasteiger partial charge in [0.2, 0.25) is 5.91 Å². The molecule has 1 saturated heterocycles. The molecule has 0 spiro atoms. The second-order valence-electron chi connectivity index (χ2n) is 6.00. The molecule has 1 aromatic carbocycles. The van der Waals surface area contributed by atoms with E-state index in [1.165, 1.54) is 11.1 Å². The molecule has 0 aromatic heterocycles. The number of nitrogens with one attached hydrogen (secondary N) is 1. The second-order valence-corrected chi connectivity index (χ2v) is 8.71. The van der Waals surface area contributed by atoms with Crippen LogP contribution >= 0.6 is 11.6 Å². The predicted molar refractivity (Wildman–Crippen MR) is 85.6 cm³/mol. The number of sulfone groups is 1. The van der Waals surface area contributed by atoms with E-state index in [2.05, 4.69) is 22.3 Å². The zero-order valence-electron chi connectivity index (χ0n) is 12.2. The molecule has 5 nitrogen and oxygen atoms in total. The van der Waals surface area contributed by atoms with Crippen LogP contribution in [0.1, 0.15) is 11.1 Å². The van der Waals surface area contributed by atoms with E-state index < -0.39 is 21.3 Å². The van der Waals surface area contributed by atoms with Gasteiger partial charge in [0, 0.05) is 13.1 Å². The van der Waals surface area contributed by atoms with Gasteiger partial charge in [-0.2, -0.15) is 0 Å². The summed E-state index contributed by atoms with van der Waals surface area (Å²) in [6.45, 7) is 1.85. The van der Waals surface area contributed by atoms with E-state index >= 15 is 0 Å². The fourth-order valence-corrected chi connectivity index (χ4v) is 5.63. The molecule has 0 radical (unpaired) electrons. The van der Waals surface area contributed by atoms with Crippen molar-refractivity contribution >= 4 is 27.3 Å². The number of benzene rings is 1. The number of hydrogen-bond donors (Lipinski definition) is 1. The van der Waals surface area contributed by atoms with E-state index in [1.54, 1.807) is 0 Å². The molecule has 1 fully saturated rings. The van der Waals surface area contributed by atoms with Crippen molar-refractivity contribution in [2.75, 3.05) is 24.6 Å². The molecule has 0 bridgehead atoms. The highest BCUT2D eigenvalue weighted by molar-refractivity contribution is 7.91. The van der Waals surface area contributed by atoms with Crippen LogP contribution in [0.3, 0.4) is 0 Å². The minimum absolute atomic E-state index is 0.0589. The third kappa shape index (κ3) is 3.62. The molecule has 2 atom stereocenters. The fraction of sp³-hybridized carbons (Fsp3) is 0.533. The summed E-state index contributed by atoms with van der Waals surface area (Å²) in [4.78, 5) is 14.2. The normalized spacial score (nSPS) is 27.3. The monoisotopic (exact) mass is 342 g/mol. The molecule has 0 aliphatic carbocycles. The molecule has 1 N–H and O–H groups in total. The van der Waals surface area contributed by atoms with E-state index in [0.29, 0.717) is 0 Å². The van der Waals surface area contributed by atoms with E-state index in [1.807, 2.05) is 12.1 Å². The molecule has 0 saturated carbocycles. The average Bonchev–Trinajstić information content (AvgIpc) is 2.71. The Morgan fingerprint density at radius 2 is 2.00 bits per heavy atom. The first-order valence-electron chi connectivity index (χ1n) is 7.36. The van der Waals surface area contributed by atoms with Gasteiger partial charge in [0.15, 0.2) is 9.84 Å². The van der Waals surface area contributed by atoms with Gasteiger partial charge >= 0.3 is 0 Å². The molecular formula is C15H19ClN2O3S. The highest BCUT2D eigenvalue weighted by Gasteiger charge is 2.37. The van der Waals surface area contributed by atoms with Gasteiger partial charge in [-0.3, -0.25) is 9.69 Å². The largest absolute Gasteiger partial charge is 0.350 e. The quantitative estimate of drug-likeness (QED) is 0.815. The van der Waals surface area contributed by atoms with Crippen molar-refractivity contribution in [2.45, 2.75) is 24.4 Å². The highest BCUT2D eigenvalue weighted by Crippen LogP contribution is 2.19. The summed E-state index contributed by atoms with van der Waals surface area (Å²) in [6, 6.07) is 7.76. The summed E-state index contributed by atoms with van der Waals surface area (Å²) < 4.78 is 23.0. The van der Waals surface area contributed by atoms with Gasteiger partial charge in [-0.05, 0) is 17.5 Å². The smallest absolute Gasteiger partial charge is 0.234 e. The summed E-state index contributed by atoms with van der Waals surface area (Å²) in [5, 5.41) is 2.23. The van der Waals surface area contributed by atoms with Crippen molar-refractivity contribution in [1.29, 1.82) is 0 Å². The van der Waals surface area contributed by atoms with Gasteiger partial charge < -0.3 is 5.32 Å². The van der Waals surface area contributed by atoms with E-state index in [9.17, 15) is 13.2 Å². The molecule has 1 amide bonds. The lowest BCUT2D eigenvalue weighted by Gasteiger charge is -2.28. The van der Waals surface area contributed by atoms with Crippen molar-refractivity contribution in [3.8, 4) is 0 Å². The van der Waals surface area contributed by atoms with Gasteiger partial charge in [-0.25, -0.2) is 8.42 Å². The first kappa shape index (κ1) is 15.8. The van der Waals surface area contributed by atoms with Crippen LogP contribution in [-0.4, -0.2) is 55.2 Å². The molecular weight excluding hydrogens is 324 g/mol. The third-order valence-corrected chi connectivity index (χ3v) is 6.58. The van der Waals surface area contributed by atoms with Crippen LogP contribution < -0.4 is 5.32 Å². The number of carbonyl (C=O) groups is 1. The number of carbonyl (C=O) groups excluding carboxylic acids is 1. The Labute approximate surface area is 135 Å². The number of nitrogens with zero attached hydrogens (tertiary/aromatic N) is 1. The molecule has 3 rings (SSSR count). The fourth-order valence-electron chi connectivity index (χ4n) is 3.08. The Morgan fingerprint density at radius 1 is 1.27 bits per heavy atom. The highest BCUT2D eigenvalue weighted by atomic mass is 35.5. The van der Waals surface area contributed by atoms with Crippen LogP contribution in [0.2, 0.25) is 0 Å². The predicted octanol–water partition coefficient (Wildman–Crippen LogP) is 0.565. The Hall–Kier alpha value is -1.11. The van der Waals surface area contributed by atoms with Crippen LogP contribution in [0.4, 0.5) is 0 Å². The number of rotatable bonds is 3. The van der Waals surface area contributed by atoms with Crippen molar-refractivity contribution in [2.24, 2.45) is 0 Å². The second kappa shape index (κ2) is 6.18. The van der Waals surface area contributed by atoms with E-state index in [4.69, 9.17) is 11.6 Å². The number of alkyl halides is 1. The standard InChI is InChI=1S/C15H19ClN2O3S/c16-13-9-22(20,21)10-14(13)17-15(19)8-18-6-5-11-3-1-2-4-12(11)7-18/h1-4,13-14H,5-10H2,(H,17,19)/t13-,14+/m0/s1. The first-order chi connectivity index (χ1) is 10.4. The maximum absolute atomic E-state index is 12.1. The molecule has 0 unspecified atom stereocenters. The lowest BCUT2D eigenvalue weighted by atomic mass is 10.00. The Kier molecular flexibility index (Phi) is 4.43. The molecule has 2 aliphatic rings. The lowest BCUT2D eigenvalue weighted by molar-refractivity contribution is -0.123. The van der Waals surface area contributed by atoms with E-state index in [0.717, 1.165) is 19.5 Å². The molecule has 2 aliphatic heterocycles. The summed E-state index contributed by atoms with van der Waals surface area (Å²) in [7, 11) is -3.12. The molecule has 2 heterocycles. The molecule has 22 heavy (non-hydrogen) atoms. The Balaban J connectivity index is 1.55. The van der Waals surface area contributed by atoms with Crippen molar-refractivity contribution in [1.82, 2.24) is 10.2 Å². The van der Waals surface area contributed by atoms with Crippen LogP contribution in [-0.2, 0) is 27.6 Å². The maximum Gasteiger partial charge on any atom is 0.234 e. The number of amides is 1. The van der Waals surface area contributed by atoms with Gasteiger partial charge in [-0.15, -0.1) is 11.6 Å². The summed E-state index contributed by atoms with van der Waals surface area (Å²) in [6.07, 6.45) is 0.930. The zero-order valence-corrected chi connectivity index (χ0v) is 13.7.